The molecule has 1 aliphatic rings. The van der Waals surface area contributed by atoms with Crippen molar-refractivity contribution in [3.8, 4) is 0 Å². The van der Waals surface area contributed by atoms with Gasteiger partial charge < -0.3 is 10.2 Å². The van der Waals surface area contributed by atoms with Gasteiger partial charge in [-0.3, -0.25) is 10.1 Å². The fraction of sp³-hybridized carbons (Fsp3) is 0.500. The molecule has 5 nitrogen and oxygen atoms in total. The van der Waals surface area contributed by atoms with Crippen molar-refractivity contribution < 1.29 is 9.31 Å². The highest BCUT2D eigenvalue weighted by molar-refractivity contribution is 5.62. The number of para-hydroxylation sites is 1. The number of hydrogen-bond acceptors (Lipinski definition) is 4. The van der Waals surface area contributed by atoms with Gasteiger partial charge in [-0.15, -0.1) is 0 Å². The number of rotatable bonds is 3. The van der Waals surface area contributed by atoms with Crippen LogP contribution in [0.5, 0.6) is 0 Å². The maximum absolute atomic E-state index is 13.7. The minimum absolute atomic E-state index is 0.0112. The number of nitrogens with zero attached hydrogens (tertiary/aromatic N) is 2. The van der Waals surface area contributed by atoms with Gasteiger partial charge in [0.2, 0.25) is 0 Å². The van der Waals surface area contributed by atoms with Crippen LogP contribution < -0.4 is 5.32 Å². The molecule has 0 aliphatic carbocycles. The standard InChI is InChI=1S/C12H16FN3O2/c1-15-7-5-9(6-8-15)14-12-10(13)3-2-4-11(12)16(17)18/h2-4,9,14H,5-8H2,1H3. The molecule has 0 aromatic heterocycles. The molecule has 0 bridgehead atoms. The summed E-state index contributed by atoms with van der Waals surface area (Å²) in [6, 6.07) is 4.01. The van der Waals surface area contributed by atoms with E-state index in [4.69, 9.17) is 0 Å². The lowest BCUT2D eigenvalue weighted by Crippen LogP contribution is -2.37. The van der Waals surface area contributed by atoms with Crippen LogP contribution in [-0.2, 0) is 0 Å². The van der Waals surface area contributed by atoms with Crippen LogP contribution in [0, 0.1) is 15.9 Å². The fourth-order valence-electron chi connectivity index (χ4n) is 2.16. The smallest absolute Gasteiger partial charge is 0.295 e. The van der Waals surface area contributed by atoms with Crippen molar-refractivity contribution in [3.05, 3.63) is 34.1 Å². The number of benzene rings is 1. The Bertz CT molecular complexity index is 445. The maximum atomic E-state index is 13.7. The van der Waals surface area contributed by atoms with Crippen molar-refractivity contribution in [2.75, 3.05) is 25.5 Å². The van der Waals surface area contributed by atoms with E-state index in [1.807, 2.05) is 7.05 Å². The van der Waals surface area contributed by atoms with Crippen LogP contribution in [0.3, 0.4) is 0 Å². The Labute approximate surface area is 105 Å². The van der Waals surface area contributed by atoms with Crippen LogP contribution in [0.4, 0.5) is 15.8 Å². The molecule has 1 aromatic carbocycles. The molecule has 0 radical (unpaired) electrons. The number of nitro groups is 1. The zero-order chi connectivity index (χ0) is 13.1. The highest BCUT2D eigenvalue weighted by atomic mass is 19.1. The molecule has 98 valence electrons. The highest BCUT2D eigenvalue weighted by Gasteiger charge is 2.23. The van der Waals surface area contributed by atoms with Crippen molar-refractivity contribution in [1.82, 2.24) is 4.90 Å². The first-order chi connectivity index (χ1) is 8.58. The van der Waals surface area contributed by atoms with Gasteiger partial charge in [-0.2, -0.15) is 0 Å². The molecule has 0 spiro atoms. The minimum atomic E-state index is -0.567. The lowest BCUT2D eigenvalue weighted by atomic mass is 10.0. The van der Waals surface area contributed by atoms with Gasteiger partial charge in [-0.05, 0) is 39.0 Å². The summed E-state index contributed by atoms with van der Waals surface area (Å²) in [6.45, 7) is 1.83. The van der Waals surface area contributed by atoms with Crippen molar-refractivity contribution >= 4 is 11.4 Å². The second kappa shape index (κ2) is 5.30. The Kier molecular flexibility index (Phi) is 3.76. The number of nitro benzene ring substituents is 1. The Hall–Kier alpha value is -1.69. The van der Waals surface area contributed by atoms with E-state index in [0.717, 1.165) is 25.9 Å². The summed E-state index contributed by atoms with van der Waals surface area (Å²) < 4.78 is 13.7. The van der Waals surface area contributed by atoms with Crippen molar-refractivity contribution in [1.29, 1.82) is 0 Å². The average molecular weight is 253 g/mol. The van der Waals surface area contributed by atoms with Crippen LogP contribution in [0.1, 0.15) is 12.8 Å². The predicted molar refractivity (Wildman–Crippen MR) is 67.2 cm³/mol. The first-order valence-electron chi connectivity index (χ1n) is 5.96. The SMILES string of the molecule is CN1CCC(Nc2c(F)cccc2[N+](=O)[O-])CC1. The number of nitrogens with one attached hydrogen (secondary N) is 1. The molecule has 6 heteroatoms. The number of hydrogen-bond donors (Lipinski definition) is 1. The van der Waals surface area contributed by atoms with Gasteiger partial charge >= 0.3 is 0 Å². The van der Waals surface area contributed by atoms with Crippen LogP contribution in [0.2, 0.25) is 0 Å². The van der Waals surface area contributed by atoms with E-state index in [9.17, 15) is 14.5 Å². The molecule has 0 unspecified atom stereocenters. The largest absolute Gasteiger partial charge is 0.374 e. The minimum Gasteiger partial charge on any atom is -0.374 e. The number of likely N-dealkylation sites (tertiary alicyclic amines) is 1. The fourth-order valence-corrected chi connectivity index (χ4v) is 2.16. The van der Waals surface area contributed by atoms with Gasteiger partial charge in [0.25, 0.3) is 5.69 Å². The van der Waals surface area contributed by atoms with Crippen molar-refractivity contribution in [2.24, 2.45) is 0 Å². The lowest BCUT2D eigenvalue weighted by molar-refractivity contribution is -0.384. The Morgan fingerprint density at radius 1 is 1.44 bits per heavy atom. The van der Waals surface area contributed by atoms with E-state index >= 15 is 0 Å². The molecule has 18 heavy (non-hydrogen) atoms. The first kappa shape index (κ1) is 12.8. The predicted octanol–water partition coefficient (Wildman–Crippen LogP) is 2.24. The third kappa shape index (κ3) is 2.76. The van der Waals surface area contributed by atoms with Gasteiger partial charge in [0.05, 0.1) is 4.92 Å². The topological polar surface area (TPSA) is 58.4 Å². The van der Waals surface area contributed by atoms with E-state index < -0.39 is 10.7 Å². The van der Waals surface area contributed by atoms with Crippen LogP contribution >= 0.6 is 0 Å². The van der Waals surface area contributed by atoms with Crippen LogP contribution in [-0.4, -0.2) is 36.0 Å². The molecule has 0 amide bonds. The van der Waals surface area contributed by atoms with Crippen LogP contribution in [0.25, 0.3) is 0 Å². The summed E-state index contributed by atoms with van der Waals surface area (Å²) in [5, 5.41) is 13.8. The Morgan fingerprint density at radius 2 is 2.11 bits per heavy atom. The molecule has 1 heterocycles. The molecule has 1 N–H and O–H groups in total. The van der Waals surface area contributed by atoms with E-state index in [0.29, 0.717) is 0 Å². The van der Waals surface area contributed by atoms with Gasteiger partial charge in [-0.1, -0.05) is 6.07 Å². The maximum Gasteiger partial charge on any atom is 0.295 e. The van der Waals surface area contributed by atoms with Gasteiger partial charge in [0.15, 0.2) is 5.82 Å². The summed E-state index contributed by atoms with van der Waals surface area (Å²) in [5.74, 6) is -0.567. The zero-order valence-corrected chi connectivity index (χ0v) is 10.2. The van der Waals surface area contributed by atoms with Gasteiger partial charge in [0.1, 0.15) is 5.69 Å². The molecule has 0 saturated carbocycles. The first-order valence-corrected chi connectivity index (χ1v) is 5.96. The summed E-state index contributed by atoms with van der Waals surface area (Å²) in [6.07, 6.45) is 1.73. The summed E-state index contributed by atoms with van der Waals surface area (Å²) in [4.78, 5) is 12.5. The Morgan fingerprint density at radius 3 is 2.72 bits per heavy atom. The third-order valence-corrected chi connectivity index (χ3v) is 3.26. The van der Waals surface area contributed by atoms with E-state index in [1.165, 1.54) is 18.2 Å². The number of anilines is 1. The quantitative estimate of drug-likeness (QED) is 0.663. The molecular formula is C12H16FN3O2. The number of piperidine rings is 1. The normalized spacial score (nSPS) is 17.7. The average Bonchev–Trinajstić information content (AvgIpc) is 2.34. The second-order valence-corrected chi connectivity index (χ2v) is 4.61. The zero-order valence-electron chi connectivity index (χ0n) is 10.2. The van der Waals surface area contributed by atoms with E-state index in [1.54, 1.807) is 0 Å². The molecule has 0 atom stereocenters. The van der Waals surface area contributed by atoms with Crippen molar-refractivity contribution in [2.45, 2.75) is 18.9 Å². The van der Waals surface area contributed by atoms with E-state index in [-0.39, 0.29) is 17.4 Å². The Balaban J connectivity index is 2.15. The molecule has 1 aromatic rings. The second-order valence-electron chi connectivity index (χ2n) is 4.61. The van der Waals surface area contributed by atoms with E-state index in [2.05, 4.69) is 10.2 Å². The summed E-state index contributed by atoms with van der Waals surface area (Å²) in [5.41, 5.74) is -0.189. The third-order valence-electron chi connectivity index (χ3n) is 3.26. The van der Waals surface area contributed by atoms with Gasteiger partial charge in [0, 0.05) is 12.1 Å². The molecule has 1 aliphatic heterocycles. The van der Waals surface area contributed by atoms with Crippen LogP contribution in [0.15, 0.2) is 18.2 Å². The lowest BCUT2D eigenvalue weighted by Gasteiger charge is -2.30. The summed E-state index contributed by atoms with van der Waals surface area (Å²) >= 11 is 0. The van der Waals surface area contributed by atoms with Gasteiger partial charge in [-0.25, -0.2) is 4.39 Å². The molecule has 2 rings (SSSR count). The van der Waals surface area contributed by atoms with Crippen molar-refractivity contribution in [3.63, 3.8) is 0 Å². The highest BCUT2D eigenvalue weighted by Crippen LogP contribution is 2.29. The molecule has 1 saturated heterocycles. The summed E-state index contributed by atoms with van der Waals surface area (Å²) in [7, 11) is 2.03. The molecular weight excluding hydrogens is 237 g/mol. The molecule has 1 fully saturated rings. The number of halogens is 1. The monoisotopic (exact) mass is 253 g/mol.